The molecule has 0 aliphatic carbocycles. The van der Waals surface area contributed by atoms with Crippen molar-refractivity contribution in [3.63, 3.8) is 0 Å². The fourth-order valence-electron chi connectivity index (χ4n) is 3.22. The number of aromatic nitrogens is 1. The van der Waals surface area contributed by atoms with Crippen LogP contribution >= 0.6 is 0 Å². The van der Waals surface area contributed by atoms with Gasteiger partial charge < -0.3 is 27.9 Å². The third-order valence-electron chi connectivity index (χ3n) is 4.67. The average Bonchev–Trinajstić information content (AvgIpc) is 3.44. The monoisotopic (exact) mass is 407 g/mol. The second kappa shape index (κ2) is 7.47. The van der Waals surface area contributed by atoms with Gasteiger partial charge in [0.05, 0.1) is 7.11 Å². The van der Waals surface area contributed by atoms with Crippen LogP contribution in [0.5, 0.6) is 17.2 Å². The number of carbonyl (C=O) groups is 1. The third kappa shape index (κ3) is 3.32. The van der Waals surface area contributed by atoms with Crippen LogP contribution in [0.1, 0.15) is 16.2 Å². The Kier molecular flexibility index (Phi) is 4.51. The van der Waals surface area contributed by atoms with Crippen molar-refractivity contribution in [2.75, 3.05) is 20.3 Å². The molecule has 0 amide bonds. The molecular weight excluding hydrogens is 390 g/mol. The lowest BCUT2D eigenvalue weighted by Crippen LogP contribution is -2.15. The highest BCUT2D eigenvalue weighted by Gasteiger charge is 2.18. The summed E-state index contributed by atoms with van der Waals surface area (Å²) in [6.07, 6.45) is 0. The highest BCUT2D eigenvalue weighted by molar-refractivity contribution is 5.94. The first-order valence-electron chi connectivity index (χ1n) is 9.30. The first kappa shape index (κ1) is 18.1. The lowest BCUT2D eigenvalue weighted by molar-refractivity contribution is 0.0430. The number of hydrogen-bond acceptors (Lipinski definition) is 8. The van der Waals surface area contributed by atoms with E-state index in [2.05, 4.69) is 5.16 Å². The molecule has 0 unspecified atom stereocenters. The summed E-state index contributed by atoms with van der Waals surface area (Å²) < 4.78 is 32.6. The molecule has 0 fully saturated rings. The summed E-state index contributed by atoms with van der Waals surface area (Å²) >= 11 is 0. The molecule has 0 bridgehead atoms. The number of methoxy groups -OCH3 is 1. The molecule has 152 valence electrons. The standard InChI is InChI=1S/C22H17NO7/c1-25-17-4-2-3-14-10-20(29-21(14)17)22(24)28-12-15-11-18(30-23-15)13-5-6-16-19(9-13)27-8-7-26-16/h2-6,9-11H,7-8,12H2,1H3. The molecule has 1 aliphatic rings. The van der Waals surface area contributed by atoms with Gasteiger partial charge in [-0.05, 0) is 30.3 Å². The van der Waals surface area contributed by atoms with Crippen LogP contribution in [-0.4, -0.2) is 31.4 Å². The molecule has 4 aromatic rings. The molecule has 2 aromatic carbocycles. The summed E-state index contributed by atoms with van der Waals surface area (Å²) in [5.74, 6) is 1.92. The Hall–Kier alpha value is -3.94. The van der Waals surface area contributed by atoms with E-state index in [0.29, 0.717) is 47.5 Å². The number of hydrogen-bond donors (Lipinski definition) is 0. The molecule has 30 heavy (non-hydrogen) atoms. The van der Waals surface area contributed by atoms with Crippen LogP contribution in [0, 0.1) is 0 Å². The minimum Gasteiger partial charge on any atom is -0.493 e. The number of benzene rings is 2. The smallest absolute Gasteiger partial charge is 0.374 e. The first-order valence-corrected chi connectivity index (χ1v) is 9.30. The summed E-state index contributed by atoms with van der Waals surface area (Å²) in [5, 5.41) is 4.72. The van der Waals surface area contributed by atoms with Crippen LogP contribution in [0.2, 0.25) is 0 Å². The zero-order chi connectivity index (χ0) is 20.5. The van der Waals surface area contributed by atoms with E-state index < -0.39 is 5.97 Å². The maximum Gasteiger partial charge on any atom is 0.374 e. The minimum absolute atomic E-state index is 0.0545. The summed E-state index contributed by atoms with van der Waals surface area (Å²) in [6, 6.07) is 14.2. The van der Waals surface area contributed by atoms with Crippen LogP contribution in [0.4, 0.5) is 0 Å². The lowest BCUT2D eigenvalue weighted by atomic mass is 10.1. The molecule has 2 aromatic heterocycles. The molecule has 8 nitrogen and oxygen atoms in total. The van der Waals surface area contributed by atoms with Crippen LogP contribution in [0.25, 0.3) is 22.3 Å². The predicted octanol–water partition coefficient (Wildman–Crippen LogP) is 4.22. The Morgan fingerprint density at radius 1 is 1.07 bits per heavy atom. The zero-order valence-corrected chi connectivity index (χ0v) is 16.0. The summed E-state index contributed by atoms with van der Waals surface area (Å²) in [5.41, 5.74) is 1.75. The highest BCUT2D eigenvalue weighted by atomic mass is 16.6. The molecule has 0 N–H and O–H groups in total. The predicted molar refractivity (Wildman–Crippen MR) is 105 cm³/mol. The zero-order valence-electron chi connectivity index (χ0n) is 16.0. The van der Waals surface area contributed by atoms with E-state index >= 15 is 0 Å². The Morgan fingerprint density at radius 3 is 2.80 bits per heavy atom. The van der Waals surface area contributed by atoms with Crippen LogP contribution < -0.4 is 14.2 Å². The second-order valence-corrected chi connectivity index (χ2v) is 6.61. The number of rotatable bonds is 5. The minimum atomic E-state index is -0.600. The second-order valence-electron chi connectivity index (χ2n) is 6.61. The number of ether oxygens (including phenoxy) is 4. The molecule has 3 heterocycles. The fourth-order valence-corrected chi connectivity index (χ4v) is 3.22. The van der Waals surface area contributed by atoms with Gasteiger partial charge in [-0.3, -0.25) is 0 Å². The lowest BCUT2D eigenvalue weighted by Gasteiger charge is -2.18. The molecular formula is C22H17NO7. The van der Waals surface area contributed by atoms with E-state index in [0.717, 1.165) is 10.9 Å². The van der Waals surface area contributed by atoms with Crippen molar-refractivity contribution >= 4 is 16.9 Å². The van der Waals surface area contributed by atoms with Gasteiger partial charge in [0.15, 0.2) is 28.6 Å². The Bertz CT molecular complexity index is 1220. The molecule has 0 atom stereocenters. The van der Waals surface area contributed by atoms with E-state index in [1.54, 1.807) is 25.3 Å². The van der Waals surface area contributed by atoms with Crippen molar-refractivity contribution in [3.05, 3.63) is 60.0 Å². The van der Waals surface area contributed by atoms with E-state index in [1.165, 1.54) is 0 Å². The number of para-hydroxylation sites is 1. The topological polar surface area (TPSA) is 93.2 Å². The first-order chi connectivity index (χ1) is 14.7. The SMILES string of the molecule is COc1cccc2cc(C(=O)OCc3cc(-c4ccc5c(c4)OCCO5)on3)oc12. The normalized spacial score (nSPS) is 12.7. The van der Waals surface area contributed by atoms with Crippen LogP contribution in [-0.2, 0) is 11.3 Å². The fraction of sp³-hybridized carbons (Fsp3) is 0.182. The quantitative estimate of drug-likeness (QED) is 0.454. The maximum atomic E-state index is 12.4. The van der Waals surface area contributed by atoms with E-state index in [1.807, 2.05) is 30.3 Å². The van der Waals surface area contributed by atoms with Crippen LogP contribution in [0.3, 0.4) is 0 Å². The van der Waals surface area contributed by atoms with Gasteiger partial charge in [0.25, 0.3) is 0 Å². The van der Waals surface area contributed by atoms with Crippen molar-refractivity contribution in [2.45, 2.75) is 6.61 Å². The Balaban J connectivity index is 1.28. The van der Waals surface area contributed by atoms with Gasteiger partial charge in [-0.15, -0.1) is 0 Å². The molecule has 0 radical (unpaired) electrons. The van der Waals surface area contributed by atoms with Crippen molar-refractivity contribution in [2.24, 2.45) is 0 Å². The molecule has 0 saturated carbocycles. The van der Waals surface area contributed by atoms with Crippen molar-refractivity contribution < 1.29 is 32.7 Å². The van der Waals surface area contributed by atoms with Gasteiger partial charge in [-0.25, -0.2) is 4.79 Å². The molecule has 1 aliphatic heterocycles. The Labute approximate surface area is 170 Å². The van der Waals surface area contributed by atoms with Crippen molar-refractivity contribution in [1.82, 2.24) is 5.16 Å². The van der Waals surface area contributed by atoms with Gasteiger partial charge in [0.2, 0.25) is 5.76 Å². The van der Waals surface area contributed by atoms with Gasteiger partial charge in [0, 0.05) is 17.0 Å². The summed E-state index contributed by atoms with van der Waals surface area (Å²) in [6.45, 7) is 0.977. The van der Waals surface area contributed by atoms with E-state index in [4.69, 9.17) is 27.9 Å². The summed E-state index contributed by atoms with van der Waals surface area (Å²) in [7, 11) is 1.54. The Morgan fingerprint density at radius 2 is 1.93 bits per heavy atom. The number of furan rings is 1. The molecule has 0 saturated heterocycles. The third-order valence-corrected chi connectivity index (χ3v) is 4.67. The largest absolute Gasteiger partial charge is 0.493 e. The molecule has 0 spiro atoms. The van der Waals surface area contributed by atoms with Crippen LogP contribution in [0.15, 0.2) is 57.5 Å². The van der Waals surface area contributed by atoms with E-state index in [9.17, 15) is 4.79 Å². The van der Waals surface area contributed by atoms with E-state index in [-0.39, 0.29) is 12.4 Å². The number of fused-ring (bicyclic) bond motifs is 2. The molecule has 5 rings (SSSR count). The molecule has 8 heteroatoms. The van der Waals surface area contributed by atoms with Crippen molar-refractivity contribution in [3.8, 4) is 28.6 Å². The van der Waals surface area contributed by atoms with Crippen molar-refractivity contribution in [1.29, 1.82) is 0 Å². The number of carbonyl (C=O) groups excluding carboxylic acids is 1. The van der Waals surface area contributed by atoms with Gasteiger partial charge >= 0.3 is 5.97 Å². The number of nitrogens with zero attached hydrogens (tertiary/aromatic N) is 1. The number of esters is 1. The van der Waals surface area contributed by atoms with Gasteiger partial charge in [-0.2, -0.15) is 0 Å². The summed E-state index contributed by atoms with van der Waals surface area (Å²) in [4.78, 5) is 12.4. The van der Waals surface area contributed by atoms with Gasteiger partial charge in [0.1, 0.15) is 25.5 Å². The maximum absolute atomic E-state index is 12.4. The highest BCUT2D eigenvalue weighted by Crippen LogP contribution is 2.35. The van der Waals surface area contributed by atoms with Gasteiger partial charge in [-0.1, -0.05) is 17.3 Å². The average molecular weight is 407 g/mol.